The van der Waals surface area contributed by atoms with Crippen LogP contribution in [0.25, 0.3) is 0 Å². The zero-order valence-corrected chi connectivity index (χ0v) is 7.54. The van der Waals surface area contributed by atoms with E-state index in [-0.39, 0.29) is 5.78 Å². The van der Waals surface area contributed by atoms with E-state index in [0.29, 0.717) is 17.5 Å². The molecular weight excluding hydrogens is 164 g/mol. The molecule has 0 fully saturated rings. The molecule has 67 valence electrons. The summed E-state index contributed by atoms with van der Waals surface area (Å²) in [5, 5.41) is 0. The highest BCUT2D eigenvalue weighted by molar-refractivity contribution is 5.97. The van der Waals surface area contributed by atoms with E-state index >= 15 is 0 Å². The van der Waals surface area contributed by atoms with Gasteiger partial charge < -0.3 is 0 Å². The molecule has 0 bridgehead atoms. The Morgan fingerprint density at radius 1 is 1.46 bits per heavy atom. The van der Waals surface area contributed by atoms with Crippen LogP contribution in [0.4, 0.5) is 0 Å². The van der Waals surface area contributed by atoms with E-state index in [4.69, 9.17) is 0 Å². The van der Waals surface area contributed by atoms with E-state index < -0.39 is 0 Å². The van der Waals surface area contributed by atoms with Gasteiger partial charge in [0, 0.05) is 17.5 Å². The first kappa shape index (κ1) is 9.65. The lowest BCUT2D eigenvalue weighted by Crippen LogP contribution is -1.98. The summed E-state index contributed by atoms with van der Waals surface area (Å²) in [5.74, 6) is 0.0830. The maximum atomic E-state index is 11.4. The number of benzene rings is 1. The molecule has 1 aromatic rings. The quantitative estimate of drug-likeness (QED) is 0.657. The minimum absolute atomic E-state index is 0.0830. The van der Waals surface area contributed by atoms with Gasteiger partial charge in [0.2, 0.25) is 6.29 Å². The number of carbonyl (C=O) groups is 1. The van der Waals surface area contributed by atoms with Crippen LogP contribution in [0.3, 0.4) is 0 Å². The fourth-order valence-electron chi connectivity index (χ4n) is 1.13. The normalized spacial score (nSPS) is 9.62. The molecule has 0 aliphatic carbocycles. The van der Waals surface area contributed by atoms with Crippen molar-refractivity contribution < 1.29 is 9.59 Å². The summed E-state index contributed by atoms with van der Waals surface area (Å²) < 4.78 is 0. The van der Waals surface area contributed by atoms with Gasteiger partial charge in [-0.05, 0) is 12.5 Å². The molecule has 1 radical (unpaired) electrons. The van der Waals surface area contributed by atoms with Crippen molar-refractivity contribution in [3.63, 3.8) is 0 Å². The topological polar surface area (TPSA) is 34.1 Å². The highest BCUT2D eigenvalue weighted by Crippen LogP contribution is 2.07. The van der Waals surface area contributed by atoms with Gasteiger partial charge in [0.25, 0.3) is 0 Å². The van der Waals surface area contributed by atoms with Crippen molar-refractivity contribution in [1.29, 1.82) is 0 Å². The minimum atomic E-state index is 0.0830. The number of Topliss-reactive ketones (excluding diaryl/α,β-unsaturated/α-hetero) is 1. The molecule has 0 N–H and O–H groups in total. The highest BCUT2D eigenvalue weighted by Gasteiger charge is 2.04. The maximum absolute atomic E-state index is 11.4. The predicted molar refractivity (Wildman–Crippen MR) is 50.5 cm³/mol. The van der Waals surface area contributed by atoms with Crippen LogP contribution >= 0.6 is 0 Å². The van der Waals surface area contributed by atoms with E-state index in [1.807, 2.05) is 6.92 Å². The molecule has 0 amide bonds. The molecule has 0 aromatic heterocycles. The first-order chi connectivity index (χ1) is 6.27. The maximum Gasteiger partial charge on any atom is 0.233 e. The van der Waals surface area contributed by atoms with Gasteiger partial charge in [0.1, 0.15) is 0 Å². The van der Waals surface area contributed by atoms with Crippen molar-refractivity contribution in [2.45, 2.75) is 19.8 Å². The second kappa shape index (κ2) is 4.55. The van der Waals surface area contributed by atoms with Crippen molar-refractivity contribution in [3.05, 3.63) is 35.4 Å². The van der Waals surface area contributed by atoms with E-state index in [0.717, 1.165) is 6.42 Å². The molecule has 0 unspecified atom stereocenters. The minimum Gasteiger partial charge on any atom is -0.294 e. The fraction of sp³-hybridized carbons (Fsp3) is 0.273. The Bertz CT molecular complexity index is 316. The number of ketones is 1. The van der Waals surface area contributed by atoms with E-state index in [1.165, 1.54) is 0 Å². The predicted octanol–water partition coefficient (Wildman–Crippen LogP) is 2.13. The van der Waals surface area contributed by atoms with E-state index in [2.05, 4.69) is 0 Å². The third kappa shape index (κ3) is 2.51. The largest absolute Gasteiger partial charge is 0.294 e. The second-order valence-corrected chi connectivity index (χ2v) is 2.86. The van der Waals surface area contributed by atoms with Crippen molar-refractivity contribution >= 4 is 12.1 Å². The monoisotopic (exact) mass is 175 g/mol. The van der Waals surface area contributed by atoms with Gasteiger partial charge in [0.15, 0.2) is 5.78 Å². The molecule has 0 atom stereocenters. The van der Waals surface area contributed by atoms with E-state index in [9.17, 15) is 9.59 Å². The zero-order chi connectivity index (χ0) is 9.68. The molecule has 2 nitrogen and oxygen atoms in total. The molecule has 1 rings (SSSR count). The molecule has 0 heterocycles. The Balaban J connectivity index is 2.88. The van der Waals surface area contributed by atoms with Crippen LogP contribution in [0, 0.1) is 0 Å². The van der Waals surface area contributed by atoms with Crippen molar-refractivity contribution in [1.82, 2.24) is 0 Å². The lowest BCUT2D eigenvalue weighted by Gasteiger charge is -1.98. The van der Waals surface area contributed by atoms with E-state index in [1.54, 1.807) is 30.6 Å². The number of carbonyl (C=O) groups excluding carboxylic acids is 2. The number of hydrogen-bond acceptors (Lipinski definition) is 2. The average Bonchev–Trinajstić information content (AvgIpc) is 2.18. The van der Waals surface area contributed by atoms with Gasteiger partial charge in [-0.3, -0.25) is 9.59 Å². The Hall–Kier alpha value is -1.44. The third-order valence-corrected chi connectivity index (χ3v) is 1.78. The summed E-state index contributed by atoms with van der Waals surface area (Å²) in [7, 11) is 0. The first-order valence-corrected chi connectivity index (χ1v) is 4.29. The number of rotatable bonds is 4. The first-order valence-electron chi connectivity index (χ1n) is 4.29. The SMILES string of the molecule is CCCC(=O)c1cccc([C]=O)c1. The fourth-order valence-corrected chi connectivity index (χ4v) is 1.13. The Labute approximate surface area is 77.6 Å². The lowest BCUT2D eigenvalue weighted by atomic mass is 10.0. The van der Waals surface area contributed by atoms with Crippen LogP contribution in [0.15, 0.2) is 24.3 Å². The Kier molecular flexibility index (Phi) is 3.38. The smallest absolute Gasteiger partial charge is 0.233 e. The van der Waals surface area contributed by atoms with Crippen LogP contribution in [0.5, 0.6) is 0 Å². The molecular formula is C11H11O2. The standard InChI is InChI=1S/C11H11O2/c1-2-4-11(13)10-6-3-5-9(7-10)8-12/h3,5-7H,2,4H2,1H3. The molecule has 0 spiro atoms. The Morgan fingerprint density at radius 2 is 2.23 bits per heavy atom. The summed E-state index contributed by atoms with van der Waals surface area (Å²) in [4.78, 5) is 21.7. The summed E-state index contributed by atoms with van der Waals surface area (Å²) in [6.07, 6.45) is 3.12. The summed E-state index contributed by atoms with van der Waals surface area (Å²) in [6.45, 7) is 1.95. The lowest BCUT2D eigenvalue weighted by molar-refractivity contribution is 0.0982. The third-order valence-electron chi connectivity index (χ3n) is 1.78. The number of hydrogen-bond donors (Lipinski definition) is 0. The average molecular weight is 175 g/mol. The van der Waals surface area contributed by atoms with Crippen LogP contribution in [0.1, 0.15) is 35.7 Å². The van der Waals surface area contributed by atoms with Gasteiger partial charge in [-0.15, -0.1) is 0 Å². The van der Waals surface area contributed by atoms with Gasteiger partial charge >= 0.3 is 0 Å². The van der Waals surface area contributed by atoms with Crippen LogP contribution in [0.2, 0.25) is 0 Å². The summed E-state index contributed by atoms with van der Waals surface area (Å²) >= 11 is 0. The van der Waals surface area contributed by atoms with Gasteiger partial charge in [-0.2, -0.15) is 0 Å². The molecule has 0 aliphatic rings. The molecule has 1 aromatic carbocycles. The van der Waals surface area contributed by atoms with Crippen LogP contribution in [-0.2, 0) is 4.79 Å². The molecule has 0 aliphatic heterocycles. The van der Waals surface area contributed by atoms with Gasteiger partial charge in [-0.1, -0.05) is 25.1 Å². The Morgan fingerprint density at radius 3 is 2.85 bits per heavy atom. The highest BCUT2D eigenvalue weighted by atomic mass is 16.1. The summed E-state index contributed by atoms with van der Waals surface area (Å²) in [5.41, 5.74) is 1.03. The van der Waals surface area contributed by atoms with Crippen LogP contribution < -0.4 is 0 Å². The molecule has 0 saturated carbocycles. The van der Waals surface area contributed by atoms with Gasteiger partial charge in [-0.25, -0.2) is 0 Å². The van der Waals surface area contributed by atoms with Crippen molar-refractivity contribution in [2.24, 2.45) is 0 Å². The second-order valence-electron chi connectivity index (χ2n) is 2.86. The van der Waals surface area contributed by atoms with Crippen molar-refractivity contribution in [3.8, 4) is 0 Å². The molecule has 0 saturated heterocycles. The molecule has 13 heavy (non-hydrogen) atoms. The summed E-state index contributed by atoms with van der Waals surface area (Å²) in [6, 6.07) is 6.63. The van der Waals surface area contributed by atoms with Gasteiger partial charge in [0.05, 0.1) is 0 Å². The van der Waals surface area contributed by atoms with Crippen molar-refractivity contribution in [2.75, 3.05) is 0 Å². The van der Waals surface area contributed by atoms with Crippen LogP contribution in [-0.4, -0.2) is 12.1 Å². The molecule has 2 heteroatoms. The zero-order valence-electron chi connectivity index (χ0n) is 7.54.